The van der Waals surface area contributed by atoms with Gasteiger partial charge in [-0.25, -0.2) is 0 Å². The van der Waals surface area contributed by atoms with Crippen molar-refractivity contribution in [3.63, 3.8) is 0 Å². The smallest absolute Gasteiger partial charge is 0.321 e. The molecule has 2 heterocycles. The molecular formula is C24H16BN. The van der Waals surface area contributed by atoms with Crippen LogP contribution in [0.2, 0.25) is 0 Å². The molecule has 0 saturated heterocycles. The molecule has 4 aromatic carbocycles. The molecule has 0 N–H and O–H groups in total. The van der Waals surface area contributed by atoms with E-state index in [2.05, 4.69) is 102 Å². The van der Waals surface area contributed by atoms with E-state index in [9.17, 15) is 0 Å². The van der Waals surface area contributed by atoms with Gasteiger partial charge in [-0.15, -0.1) is 0 Å². The maximum atomic E-state index is 2.49. The van der Waals surface area contributed by atoms with E-state index in [0.717, 1.165) is 0 Å². The molecule has 2 aliphatic heterocycles. The van der Waals surface area contributed by atoms with Crippen LogP contribution < -0.4 is 10.3 Å². The lowest BCUT2D eigenvalue weighted by atomic mass is 9.48. The Bertz CT molecular complexity index is 1210. The van der Waals surface area contributed by atoms with E-state index < -0.39 is 0 Å². The zero-order valence-corrected chi connectivity index (χ0v) is 14.3. The molecule has 0 unspecified atom stereocenters. The van der Waals surface area contributed by atoms with E-state index in [1.165, 1.54) is 44.3 Å². The van der Waals surface area contributed by atoms with E-state index in [1.807, 2.05) is 0 Å². The van der Waals surface area contributed by atoms with Crippen molar-refractivity contribution in [2.45, 2.75) is 0 Å². The molecule has 2 aliphatic rings. The minimum atomic E-state index is 0.236. The molecule has 0 spiro atoms. The van der Waals surface area contributed by atoms with Crippen molar-refractivity contribution in [1.29, 1.82) is 0 Å². The van der Waals surface area contributed by atoms with Gasteiger partial charge in [-0.2, -0.15) is 0 Å². The van der Waals surface area contributed by atoms with E-state index >= 15 is 0 Å². The second-order valence-corrected chi connectivity index (χ2v) is 7.04. The quantitative estimate of drug-likeness (QED) is 0.389. The average Bonchev–Trinajstić information content (AvgIpc) is 2.72. The molecule has 0 aliphatic carbocycles. The van der Waals surface area contributed by atoms with Gasteiger partial charge in [0.1, 0.15) is 0 Å². The Balaban J connectivity index is 1.71. The molecule has 120 valence electrons. The number of rotatable bonds is 0. The summed E-state index contributed by atoms with van der Waals surface area (Å²) < 4.78 is 0. The summed E-state index contributed by atoms with van der Waals surface area (Å²) in [6, 6.07) is 30.8. The van der Waals surface area contributed by atoms with Crippen LogP contribution >= 0.6 is 0 Å². The third kappa shape index (κ3) is 1.82. The molecule has 0 aromatic heterocycles. The standard InChI is InChI=1S/C24H16BN/c1-2-9-19-16-22-21(15-18(19)8-1)20-10-4-6-12-24(20)26-23-11-5-3-7-17(23)13-14-25(22)26/h1-16H. The molecule has 26 heavy (non-hydrogen) atoms. The van der Waals surface area contributed by atoms with Crippen LogP contribution in [0, 0.1) is 0 Å². The van der Waals surface area contributed by atoms with Gasteiger partial charge in [0.2, 0.25) is 0 Å². The highest BCUT2D eigenvalue weighted by molar-refractivity contribution is 6.85. The van der Waals surface area contributed by atoms with Crippen molar-refractivity contribution in [3.8, 4) is 11.1 Å². The molecule has 0 atom stereocenters. The van der Waals surface area contributed by atoms with Crippen molar-refractivity contribution in [2.75, 3.05) is 4.81 Å². The molecule has 6 rings (SSSR count). The summed E-state index contributed by atoms with van der Waals surface area (Å²) >= 11 is 0. The van der Waals surface area contributed by atoms with Gasteiger partial charge in [0.05, 0.1) is 0 Å². The van der Waals surface area contributed by atoms with E-state index in [0.29, 0.717) is 0 Å². The molecule has 0 amide bonds. The van der Waals surface area contributed by atoms with Crippen molar-refractivity contribution >= 4 is 40.5 Å². The van der Waals surface area contributed by atoms with Crippen LogP contribution in [0.15, 0.2) is 90.9 Å². The number of para-hydroxylation sites is 2. The van der Waals surface area contributed by atoms with Gasteiger partial charge in [-0.05, 0) is 45.6 Å². The van der Waals surface area contributed by atoms with Crippen molar-refractivity contribution in [3.05, 3.63) is 96.5 Å². The average molecular weight is 329 g/mol. The van der Waals surface area contributed by atoms with Crippen LogP contribution in [-0.4, -0.2) is 6.85 Å². The zero-order valence-electron chi connectivity index (χ0n) is 14.3. The Hall–Kier alpha value is -3.26. The monoisotopic (exact) mass is 329 g/mol. The van der Waals surface area contributed by atoms with Crippen LogP contribution in [0.3, 0.4) is 0 Å². The van der Waals surface area contributed by atoms with E-state index in [-0.39, 0.29) is 6.85 Å². The Morgan fingerprint density at radius 2 is 1.31 bits per heavy atom. The number of benzene rings is 4. The SMILES string of the molecule is C1=Cc2ccccc2N2B1c1cc3ccccc3cc1-c1ccccc12. The van der Waals surface area contributed by atoms with Gasteiger partial charge >= 0.3 is 6.85 Å². The van der Waals surface area contributed by atoms with Gasteiger partial charge in [-0.1, -0.05) is 78.8 Å². The molecule has 2 heteroatoms. The first-order valence-corrected chi connectivity index (χ1v) is 9.09. The van der Waals surface area contributed by atoms with Gasteiger partial charge in [0.25, 0.3) is 0 Å². The highest BCUT2D eigenvalue weighted by Gasteiger charge is 2.36. The fourth-order valence-corrected chi connectivity index (χ4v) is 4.45. The number of anilines is 2. The summed E-state index contributed by atoms with van der Waals surface area (Å²) in [4.78, 5) is 2.49. The Morgan fingerprint density at radius 1 is 0.615 bits per heavy atom. The lowest BCUT2D eigenvalue weighted by Crippen LogP contribution is -2.49. The predicted molar refractivity (Wildman–Crippen MR) is 112 cm³/mol. The molecule has 0 fully saturated rings. The lowest BCUT2D eigenvalue weighted by Gasteiger charge is -2.40. The van der Waals surface area contributed by atoms with Crippen LogP contribution in [-0.2, 0) is 0 Å². The van der Waals surface area contributed by atoms with Crippen LogP contribution in [0.25, 0.3) is 28.0 Å². The van der Waals surface area contributed by atoms with E-state index in [1.54, 1.807) is 0 Å². The van der Waals surface area contributed by atoms with E-state index in [4.69, 9.17) is 0 Å². The summed E-state index contributed by atoms with van der Waals surface area (Å²) in [6.07, 6.45) is 2.27. The maximum Gasteiger partial charge on any atom is 0.321 e. The van der Waals surface area contributed by atoms with Gasteiger partial charge in [0.15, 0.2) is 0 Å². The fourth-order valence-electron chi connectivity index (χ4n) is 4.45. The molecule has 0 radical (unpaired) electrons. The first-order chi connectivity index (χ1) is 12.9. The molecule has 1 nitrogen and oxygen atoms in total. The Kier molecular flexibility index (Phi) is 2.75. The number of fused-ring (bicyclic) bond motifs is 9. The first-order valence-electron chi connectivity index (χ1n) is 9.09. The topological polar surface area (TPSA) is 3.24 Å². The summed E-state index contributed by atoms with van der Waals surface area (Å²) in [5, 5.41) is 2.60. The summed E-state index contributed by atoms with van der Waals surface area (Å²) in [6.45, 7) is 0.236. The summed E-state index contributed by atoms with van der Waals surface area (Å²) in [7, 11) is 0. The Morgan fingerprint density at radius 3 is 2.19 bits per heavy atom. The second-order valence-electron chi connectivity index (χ2n) is 7.04. The molecule has 0 bridgehead atoms. The van der Waals surface area contributed by atoms with Crippen LogP contribution in [0.1, 0.15) is 5.56 Å². The van der Waals surface area contributed by atoms with Crippen molar-refractivity contribution in [2.24, 2.45) is 0 Å². The summed E-state index contributed by atoms with van der Waals surface area (Å²) in [5.74, 6) is 2.34. The van der Waals surface area contributed by atoms with Gasteiger partial charge in [-0.3, -0.25) is 0 Å². The van der Waals surface area contributed by atoms with Gasteiger partial charge < -0.3 is 4.81 Å². The molecule has 4 aromatic rings. The largest absolute Gasteiger partial charge is 0.376 e. The summed E-state index contributed by atoms with van der Waals surface area (Å²) in [5.41, 5.74) is 7.90. The maximum absolute atomic E-state index is 2.49. The van der Waals surface area contributed by atoms with Crippen LogP contribution in [0.5, 0.6) is 0 Å². The lowest BCUT2D eigenvalue weighted by molar-refractivity contribution is 1.35. The minimum Gasteiger partial charge on any atom is -0.376 e. The highest BCUT2D eigenvalue weighted by Crippen LogP contribution is 2.43. The molecular weight excluding hydrogens is 313 g/mol. The second kappa shape index (κ2) is 5.12. The number of nitrogens with zero attached hydrogens (tertiary/aromatic N) is 1. The number of hydrogen-bond acceptors (Lipinski definition) is 1. The van der Waals surface area contributed by atoms with Crippen molar-refractivity contribution in [1.82, 2.24) is 0 Å². The first kappa shape index (κ1) is 14.0. The number of hydrogen-bond donors (Lipinski definition) is 0. The molecule has 0 saturated carbocycles. The van der Waals surface area contributed by atoms with Crippen LogP contribution in [0.4, 0.5) is 11.4 Å². The predicted octanol–water partition coefficient (Wildman–Crippen LogP) is 5.42. The minimum absolute atomic E-state index is 0.236. The fraction of sp³-hybridized carbons (Fsp3) is 0. The van der Waals surface area contributed by atoms with Gasteiger partial charge in [0, 0.05) is 16.9 Å². The highest BCUT2D eigenvalue weighted by atomic mass is 15.1. The van der Waals surface area contributed by atoms with Crippen molar-refractivity contribution < 1.29 is 0 Å². The third-order valence-corrected chi connectivity index (χ3v) is 5.62. The zero-order chi connectivity index (χ0) is 17.1. The Labute approximate surface area is 153 Å². The third-order valence-electron chi connectivity index (χ3n) is 5.62. The normalized spacial score (nSPS) is 13.8.